The van der Waals surface area contributed by atoms with Crippen LogP contribution in [0.15, 0.2) is 27.1 Å². The summed E-state index contributed by atoms with van der Waals surface area (Å²) in [5.41, 5.74) is 2.48. The molecule has 5 heteroatoms. The van der Waals surface area contributed by atoms with E-state index in [1.165, 1.54) is 11.3 Å². The highest BCUT2D eigenvalue weighted by molar-refractivity contribution is 7.07. The molecule has 2 aromatic heterocycles. The predicted molar refractivity (Wildman–Crippen MR) is 83.4 cm³/mol. The number of rotatable bonds is 4. The smallest absolute Gasteiger partial charge is 0.185 e. The SMILES string of the molecule is CC(C)c1csc(=NC2CCCc3occc32)n1CCO. The highest BCUT2D eigenvalue weighted by Gasteiger charge is 2.22. The van der Waals surface area contributed by atoms with Gasteiger partial charge in [-0.1, -0.05) is 13.8 Å². The second-order valence-electron chi connectivity index (χ2n) is 5.81. The van der Waals surface area contributed by atoms with Crippen LogP contribution in [0.1, 0.15) is 55.7 Å². The predicted octanol–water partition coefficient (Wildman–Crippen LogP) is 3.24. The van der Waals surface area contributed by atoms with Crippen molar-refractivity contribution < 1.29 is 9.52 Å². The van der Waals surface area contributed by atoms with Crippen LogP contribution in [0.4, 0.5) is 0 Å². The zero-order valence-electron chi connectivity index (χ0n) is 12.6. The van der Waals surface area contributed by atoms with Crippen molar-refractivity contribution in [1.82, 2.24) is 4.57 Å². The van der Waals surface area contributed by atoms with Gasteiger partial charge in [-0.2, -0.15) is 0 Å². The molecule has 0 spiro atoms. The summed E-state index contributed by atoms with van der Waals surface area (Å²) in [6.07, 6.45) is 4.98. The van der Waals surface area contributed by atoms with E-state index < -0.39 is 0 Å². The van der Waals surface area contributed by atoms with E-state index in [9.17, 15) is 5.11 Å². The minimum absolute atomic E-state index is 0.144. The molecular formula is C16H22N2O2S. The van der Waals surface area contributed by atoms with Gasteiger partial charge in [0.15, 0.2) is 4.80 Å². The first-order valence-corrected chi connectivity index (χ1v) is 8.48. The standard InChI is InChI=1S/C16H22N2O2S/c1-11(2)14-10-21-16(18(14)7-8-19)17-13-4-3-5-15-12(13)6-9-20-15/h6,9-11,13,19H,3-5,7-8H2,1-2H3. The molecule has 114 valence electrons. The van der Waals surface area contributed by atoms with Crippen molar-refractivity contribution in [3.8, 4) is 0 Å². The maximum absolute atomic E-state index is 9.33. The number of hydrogen-bond donors (Lipinski definition) is 1. The van der Waals surface area contributed by atoms with Gasteiger partial charge in [-0.3, -0.25) is 4.99 Å². The molecule has 1 N–H and O–H groups in total. The molecule has 0 amide bonds. The van der Waals surface area contributed by atoms with Gasteiger partial charge in [0.05, 0.1) is 18.9 Å². The van der Waals surface area contributed by atoms with Crippen molar-refractivity contribution in [2.24, 2.45) is 4.99 Å². The summed E-state index contributed by atoms with van der Waals surface area (Å²) in [4.78, 5) is 5.97. The molecule has 0 saturated carbocycles. The second kappa shape index (κ2) is 6.20. The number of nitrogens with zero attached hydrogens (tertiary/aromatic N) is 2. The van der Waals surface area contributed by atoms with Gasteiger partial charge in [0, 0.05) is 29.6 Å². The van der Waals surface area contributed by atoms with Gasteiger partial charge < -0.3 is 14.1 Å². The van der Waals surface area contributed by atoms with Crippen LogP contribution >= 0.6 is 11.3 Å². The zero-order valence-corrected chi connectivity index (χ0v) is 13.4. The number of aliphatic hydroxyl groups excluding tert-OH is 1. The van der Waals surface area contributed by atoms with E-state index in [4.69, 9.17) is 9.41 Å². The Morgan fingerprint density at radius 2 is 2.38 bits per heavy atom. The molecule has 0 aliphatic heterocycles. The molecule has 1 atom stereocenters. The Hall–Kier alpha value is -1.33. The average Bonchev–Trinajstić information content (AvgIpc) is 3.07. The van der Waals surface area contributed by atoms with E-state index in [-0.39, 0.29) is 12.6 Å². The van der Waals surface area contributed by atoms with Crippen LogP contribution in [0.2, 0.25) is 0 Å². The van der Waals surface area contributed by atoms with Gasteiger partial charge in [0.1, 0.15) is 5.76 Å². The number of fused-ring (bicyclic) bond motifs is 1. The van der Waals surface area contributed by atoms with Crippen molar-refractivity contribution >= 4 is 11.3 Å². The summed E-state index contributed by atoms with van der Waals surface area (Å²) in [5.74, 6) is 1.52. The minimum atomic E-state index is 0.144. The van der Waals surface area contributed by atoms with E-state index in [2.05, 4.69) is 29.9 Å². The van der Waals surface area contributed by atoms with Gasteiger partial charge in [-0.05, 0) is 24.8 Å². The van der Waals surface area contributed by atoms with Gasteiger partial charge in [-0.15, -0.1) is 11.3 Å². The highest BCUT2D eigenvalue weighted by atomic mass is 32.1. The van der Waals surface area contributed by atoms with Crippen molar-refractivity contribution in [2.75, 3.05) is 6.61 Å². The molecule has 1 aliphatic carbocycles. The molecule has 1 aliphatic rings. The van der Waals surface area contributed by atoms with E-state index in [0.29, 0.717) is 12.5 Å². The molecule has 2 aromatic rings. The molecular weight excluding hydrogens is 284 g/mol. The third kappa shape index (κ3) is 2.85. The summed E-state index contributed by atoms with van der Waals surface area (Å²) in [6.45, 7) is 5.11. The molecule has 0 bridgehead atoms. The molecule has 0 aromatic carbocycles. The lowest BCUT2D eigenvalue weighted by atomic mass is 9.94. The lowest BCUT2D eigenvalue weighted by Crippen LogP contribution is -2.22. The molecule has 3 rings (SSSR count). The Morgan fingerprint density at radius 3 is 3.14 bits per heavy atom. The summed E-state index contributed by atoms with van der Waals surface area (Å²) < 4.78 is 7.70. The van der Waals surface area contributed by atoms with E-state index in [1.807, 2.05) is 0 Å². The quantitative estimate of drug-likeness (QED) is 0.943. The lowest BCUT2D eigenvalue weighted by Gasteiger charge is -2.17. The van der Waals surface area contributed by atoms with Gasteiger partial charge in [-0.25, -0.2) is 0 Å². The fraction of sp³-hybridized carbons (Fsp3) is 0.562. The number of aliphatic hydroxyl groups is 1. The summed E-state index contributed by atoms with van der Waals surface area (Å²) in [6, 6.07) is 2.24. The zero-order chi connectivity index (χ0) is 14.8. The van der Waals surface area contributed by atoms with E-state index >= 15 is 0 Å². The Kier molecular flexibility index (Phi) is 4.31. The minimum Gasteiger partial charge on any atom is -0.469 e. The maximum atomic E-state index is 9.33. The maximum Gasteiger partial charge on any atom is 0.185 e. The third-order valence-corrected chi connectivity index (χ3v) is 4.93. The van der Waals surface area contributed by atoms with Crippen LogP contribution in [-0.2, 0) is 13.0 Å². The van der Waals surface area contributed by atoms with Crippen LogP contribution < -0.4 is 4.80 Å². The van der Waals surface area contributed by atoms with Crippen LogP contribution in [0.5, 0.6) is 0 Å². The normalized spacial score (nSPS) is 19.2. The van der Waals surface area contributed by atoms with Crippen LogP contribution in [0.25, 0.3) is 0 Å². The number of aromatic nitrogens is 1. The number of aryl methyl sites for hydroxylation is 1. The molecule has 0 saturated heterocycles. The van der Waals surface area contributed by atoms with Crippen LogP contribution in [0.3, 0.4) is 0 Å². The van der Waals surface area contributed by atoms with Crippen molar-refractivity contribution in [2.45, 2.75) is 51.6 Å². The molecule has 21 heavy (non-hydrogen) atoms. The van der Waals surface area contributed by atoms with Crippen LogP contribution in [0, 0.1) is 0 Å². The van der Waals surface area contributed by atoms with Gasteiger partial charge in [0.2, 0.25) is 0 Å². The van der Waals surface area contributed by atoms with Crippen molar-refractivity contribution in [3.05, 3.63) is 39.5 Å². The number of hydrogen-bond acceptors (Lipinski definition) is 4. The third-order valence-electron chi connectivity index (χ3n) is 4.03. The first kappa shape index (κ1) is 14.6. The Morgan fingerprint density at radius 1 is 1.52 bits per heavy atom. The molecule has 4 nitrogen and oxygen atoms in total. The molecule has 1 unspecified atom stereocenters. The van der Waals surface area contributed by atoms with Gasteiger partial charge >= 0.3 is 0 Å². The second-order valence-corrected chi connectivity index (χ2v) is 6.65. The monoisotopic (exact) mass is 306 g/mol. The fourth-order valence-electron chi connectivity index (χ4n) is 2.95. The van der Waals surface area contributed by atoms with Crippen molar-refractivity contribution in [3.63, 3.8) is 0 Å². The van der Waals surface area contributed by atoms with Gasteiger partial charge in [0.25, 0.3) is 0 Å². The molecule has 2 heterocycles. The summed E-state index contributed by atoms with van der Waals surface area (Å²) in [5, 5.41) is 11.5. The first-order valence-electron chi connectivity index (χ1n) is 7.60. The number of thiazole rings is 1. The fourth-order valence-corrected chi connectivity index (χ4v) is 4.09. The topological polar surface area (TPSA) is 50.7 Å². The van der Waals surface area contributed by atoms with Crippen LogP contribution in [-0.4, -0.2) is 16.3 Å². The first-order chi connectivity index (χ1) is 10.2. The Balaban J connectivity index is 2.01. The highest BCUT2D eigenvalue weighted by Crippen LogP contribution is 2.33. The Labute approximate surface area is 128 Å². The summed E-state index contributed by atoms with van der Waals surface area (Å²) >= 11 is 1.67. The molecule has 0 radical (unpaired) electrons. The Bertz CT molecular complexity index is 666. The van der Waals surface area contributed by atoms with E-state index in [1.54, 1.807) is 17.6 Å². The molecule has 0 fully saturated rings. The largest absolute Gasteiger partial charge is 0.469 e. The average molecular weight is 306 g/mol. The lowest BCUT2D eigenvalue weighted by molar-refractivity contribution is 0.272. The van der Waals surface area contributed by atoms with Crippen molar-refractivity contribution in [1.29, 1.82) is 0 Å². The summed E-state index contributed by atoms with van der Waals surface area (Å²) in [7, 11) is 0. The number of furan rings is 1. The van der Waals surface area contributed by atoms with E-state index in [0.717, 1.165) is 29.8 Å².